The molecule has 3 heterocycles. The minimum absolute atomic E-state index is 0.0136. The van der Waals surface area contributed by atoms with E-state index < -0.39 is 0 Å². The predicted octanol–water partition coefficient (Wildman–Crippen LogP) is 2.50. The Morgan fingerprint density at radius 1 is 1.50 bits per heavy atom. The molecule has 3 rings (SSSR count). The van der Waals surface area contributed by atoms with E-state index in [1.54, 1.807) is 17.2 Å². The molecule has 0 spiro atoms. The summed E-state index contributed by atoms with van der Waals surface area (Å²) in [6.07, 6.45) is 7.09. The van der Waals surface area contributed by atoms with Crippen molar-refractivity contribution in [2.24, 2.45) is 7.05 Å². The van der Waals surface area contributed by atoms with Gasteiger partial charge in [-0.25, -0.2) is 4.98 Å². The lowest BCUT2D eigenvalue weighted by Gasteiger charge is -2.28. The lowest BCUT2D eigenvalue weighted by Crippen LogP contribution is -2.35. The van der Waals surface area contributed by atoms with Gasteiger partial charge in [0.1, 0.15) is 11.2 Å². The maximum Gasteiger partial charge on any atom is 0.245 e. The zero-order valence-electron chi connectivity index (χ0n) is 13.0. The molecule has 1 fully saturated rings. The van der Waals surface area contributed by atoms with Gasteiger partial charge in [-0.3, -0.25) is 9.48 Å². The summed E-state index contributed by atoms with van der Waals surface area (Å²) in [5, 5.41) is 5.00. The van der Waals surface area contributed by atoms with Crippen molar-refractivity contribution in [1.82, 2.24) is 24.2 Å². The Hall–Kier alpha value is -1.82. The van der Waals surface area contributed by atoms with Crippen LogP contribution in [0.2, 0.25) is 5.15 Å². The monoisotopic (exact) mass is 321 g/mol. The van der Waals surface area contributed by atoms with Gasteiger partial charge in [-0.05, 0) is 26.7 Å². The van der Waals surface area contributed by atoms with Gasteiger partial charge in [-0.1, -0.05) is 11.6 Å². The van der Waals surface area contributed by atoms with E-state index in [0.29, 0.717) is 5.15 Å². The summed E-state index contributed by atoms with van der Waals surface area (Å²) >= 11 is 6.39. The van der Waals surface area contributed by atoms with Crippen LogP contribution in [0.3, 0.4) is 0 Å². The van der Waals surface area contributed by atoms with E-state index >= 15 is 0 Å². The van der Waals surface area contributed by atoms with Crippen LogP contribution in [0.5, 0.6) is 0 Å². The number of likely N-dealkylation sites (tertiary alicyclic amines) is 1. The first-order valence-electron chi connectivity index (χ1n) is 7.47. The van der Waals surface area contributed by atoms with Gasteiger partial charge < -0.3 is 9.47 Å². The van der Waals surface area contributed by atoms with E-state index in [9.17, 15) is 4.79 Å². The van der Waals surface area contributed by atoms with E-state index in [1.165, 1.54) is 0 Å². The minimum atomic E-state index is -0.265. The van der Waals surface area contributed by atoms with Crippen LogP contribution in [0.15, 0.2) is 18.7 Å². The average molecular weight is 322 g/mol. The van der Waals surface area contributed by atoms with Crippen LogP contribution in [0.25, 0.3) is 0 Å². The second kappa shape index (κ2) is 5.76. The Morgan fingerprint density at radius 2 is 2.27 bits per heavy atom. The Kier molecular flexibility index (Phi) is 3.95. The maximum absolute atomic E-state index is 12.9. The maximum atomic E-state index is 12.9. The summed E-state index contributed by atoms with van der Waals surface area (Å²) < 4.78 is 3.50. The molecule has 1 aliphatic heterocycles. The summed E-state index contributed by atoms with van der Waals surface area (Å²) in [6, 6.07) is -0.251. The topological polar surface area (TPSA) is 56.0 Å². The quantitative estimate of drug-likeness (QED) is 0.872. The smallest absolute Gasteiger partial charge is 0.245 e. The number of imidazole rings is 1. The van der Waals surface area contributed by atoms with Gasteiger partial charge in [0.15, 0.2) is 0 Å². The molecule has 0 N–H and O–H groups in total. The first kappa shape index (κ1) is 15.1. The van der Waals surface area contributed by atoms with Gasteiger partial charge >= 0.3 is 0 Å². The molecule has 0 bridgehead atoms. The number of halogens is 1. The van der Waals surface area contributed by atoms with Crippen LogP contribution in [0.1, 0.15) is 43.1 Å². The molecule has 7 heteroatoms. The van der Waals surface area contributed by atoms with Crippen molar-refractivity contribution in [3.8, 4) is 0 Å². The molecule has 0 unspecified atom stereocenters. The molecule has 118 valence electrons. The third-order valence-corrected chi connectivity index (χ3v) is 4.84. The number of carbonyl (C=O) groups is 1. The molecule has 2 aromatic rings. The zero-order valence-corrected chi connectivity index (χ0v) is 13.8. The standard InChI is InChI=1S/C15H20ClN5O/c1-10-13(14(16)19(3)18-10)12-5-4-7-21(12)15(22)11(2)20-8-6-17-9-20/h6,8-9,11-12H,4-5,7H2,1-3H3/t11-,12+/m1/s1. The molecule has 0 aliphatic carbocycles. The lowest BCUT2D eigenvalue weighted by atomic mass is 10.1. The fourth-order valence-electron chi connectivity index (χ4n) is 3.22. The second-order valence-electron chi connectivity index (χ2n) is 5.79. The number of hydrogen-bond donors (Lipinski definition) is 0. The van der Waals surface area contributed by atoms with Crippen LogP contribution in [-0.2, 0) is 11.8 Å². The molecule has 1 aliphatic rings. The molecule has 6 nitrogen and oxygen atoms in total. The predicted molar refractivity (Wildman–Crippen MR) is 83.6 cm³/mol. The molecule has 0 saturated carbocycles. The number of hydrogen-bond acceptors (Lipinski definition) is 3. The highest BCUT2D eigenvalue weighted by molar-refractivity contribution is 6.30. The van der Waals surface area contributed by atoms with Crippen molar-refractivity contribution in [3.05, 3.63) is 35.1 Å². The number of nitrogens with zero attached hydrogens (tertiary/aromatic N) is 5. The van der Waals surface area contributed by atoms with Gasteiger partial charge in [-0.2, -0.15) is 5.10 Å². The third kappa shape index (κ3) is 2.41. The Balaban J connectivity index is 1.88. The summed E-state index contributed by atoms with van der Waals surface area (Å²) in [4.78, 5) is 18.8. The van der Waals surface area contributed by atoms with Gasteiger partial charge in [0.2, 0.25) is 5.91 Å². The first-order valence-corrected chi connectivity index (χ1v) is 7.85. The molecule has 1 amide bonds. The Labute approximate surface area is 134 Å². The Bertz CT molecular complexity index is 678. The van der Waals surface area contributed by atoms with E-state index in [2.05, 4.69) is 10.1 Å². The first-order chi connectivity index (χ1) is 10.5. The SMILES string of the molecule is Cc1nn(C)c(Cl)c1[C@@H]1CCCN1C(=O)[C@@H](C)n1ccnc1. The van der Waals surface area contributed by atoms with Crippen molar-refractivity contribution in [2.45, 2.75) is 38.8 Å². The molecule has 22 heavy (non-hydrogen) atoms. The van der Waals surface area contributed by atoms with Crippen LogP contribution in [0.4, 0.5) is 0 Å². The molecule has 0 radical (unpaired) electrons. The van der Waals surface area contributed by atoms with Gasteiger partial charge in [0.25, 0.3) is 0 Å². The molecule has 1 saturated heterocycles. The number of carbonyl (C=O) groups excluding carboxylic acids is 1. The zero-order chi connectivity index (χ0) is 15.9. The molecule has 2 aromatic heterocycles. The summed E-state index contributed by atoms with van der Waals surface area (Å²) in [5.41, 5.74) is 1.88. The summed E-state index contributed by atoms with van der Waals surface area (Å²) in [7, 11) is 1.83. The van der Waals surface area contributed by atoms with E-state index in [0.717, 1.165) is 30.6 Å². The van der Waals surface area contributed by atoms with Crippen molar-refractivity contribution >= 4 is 17.5 Å². The van der Waals surface area contributed by atoms with Crippen LogP contribution >= 0.6 is 11.6 Å². The normalized spacial score (nSPS) is 19.6. The number of aryl methyl sites for hydroxylation is 2. The lowest BCUT2D eigenvalue weighted by molar-refractivity contribution is -0.135. The van der Waals surface area contributed by atoms with Crippen molar-refractivity contribution in [3.63, 3.8) is 0 Å². The summed E-state index contributed by atoms with van der Waals surface area (Å²) in [6.45, 7) is 4.60. The highest BCUT2D eigenvalue weighted by Gasteiger charge is 2.36. The highest BCUT2D eigenvalue weighted by atomic mass is 35.5. The molecular formula is C15H20ClN5O. The van der Waals surface area contributed by atoms with Gasteiger partial charge in [-0.15, -0.1) is 0 Å². The van der Waals surface area contributed by atoms with E-state index in [1.807, 2.05) is 36.6 Å². The average Bonchev–Trinajstić information content (AvgIpc) is 3.20. The van der Waals surface area contributed by atoms with Crippen LogP contribution < -0.4 is 0 Å². The highest BCUT2D eigenvalue weighted by Crippen LogP contribution is 2.38. The fourth-order valence-corrected chi connectivity index (χ4v) is 3.52. The van der Waals surface area contributed by atoms with Crippen LogP contribution in [0, 0.1) is 6.92 Å². The van der Waals surface area contributed by atoms with Crippen LogP contribution in [-0.4, -0.2) is 36.7 Å². The third-order valence-electron chi connectivity index (χ3n) is 4.39. The van der Waals surface area contributed by atoms with E-state index in [-0.39, 0.29) is 18.0 Å². The fraction of sp³-hybridized carbons (Fsp3) is 0.533. The molecule has 0 aromatic carbocycles. The van der Waals surface area contributed by atoms with Gasteiger partial charge in [0, 0.05) is 31.5 Å². The minimum Gasteiger partial charge on any atom is -0.334 e. The molecule has 2 atom stereocenters. The van der Waals surface area contributed by atoms with Gasteiger partial charge in [0.05, 0.1) is 18.1 Å². The van der Waals surface area contributed by atoms with Crippen molar-refractivity contribution in [1.29, 1.82) is 0 Å². The van der Waals surface area contributed by atoms with Crippen molar-refractivity contribution < 1.29 is 4.79 Å². The Morgan fingerprint density at radius 3 is 2.86 bits per heavy atom. The van der Waals surface area contributed by atoms with E-state index in [4.69, 9.17) is 11.6 Å². The largest absolute Gasteiger partial charge is 0.334 e. The number of aromatic nitrogens is 4. The second-order valence-corrected chi connectivity index (χ2v) is 6.15. The van der Waals surface area contributed by atoms with Crippen molar-refractivity contribution in [2.75, 3.05) is 6.54 Å². The molecular weight excluding hydrogens is 302 g/mol. The number of amides is 1. The summed E-state index contributed by atoms with van der Waals surface area (Å²) in [5.74, 6) is 0.0971. The number of rotatable bonds is 3.